The minimum Gasteiger partial charge on any atom is -0.467 e. The maximum atomic E-state index is 6.07. The van der Waals surface area contributed by atoms with Gasteiger partial charge < -0.3 is 10.5 Å². The molecule has 114 valence electrons. The standard InChI is InChI=1S/C16H14N6O/c1-9-3-6-18-14-12(9)13(10-4-7-20-16(21-10)23-2)11-5-8-19-15(17)22(11)14/h3-8H,1-2H3,(H2,17,19). The van der Waals surface area contributed by atoms with Gasteiger partial charge in [-0.3, -0.25) is 4.40 Å². The third kappa shape index (κ3) is 1.90. The van der Waals surface area contributed by atoms with Crippen LogP contribution in [0.15, 0.2) is 36.8 Å². The summed E-state index contributed by atoms with van der Waals surface area (Å²) in [6.07, 6.45) is 5.12. The topological polar surface area (TPSA) is 91.2 Å². The molecule has 0 aliphatic heterocycles. The van der Waals surface area contributed by atoms with Crippen LogP contribution >= 0.6 is 0 Å². The van der Waals surface area contributed by atoms with Crippen LogP contribution in [0.2, 0.25) is 0 Å². The molecule has 0 aliphatic carbocycles. The Morgan fingerprint density at radius 3 is 2.65 bits per heavy atom. The highest BCUT2D eigenvalue weighted by Crippen LogP contribution is 2.36. The minimum atomic E-state index is 0.318. The SMILES string of the molecule is COc1nccc(-c2c3c(C)ccnc3n3c(N)nccc23)n1. The third-order valence-electron chi connectivity index (χ3n) is 3.84. The van der Waals surface area contributed by atoms with Crippen molar-refractivity contribution in [2.75, 3.05) is 12.8 Å². The number of aromatic nitrogens is 5. The summed E-state index contributed by atoms with van der Waals surface area (Å²) in [4.78, 5) is 17.2. The summed E-state index contributed by atoms with van der Waals surface area (Å²) in [6.45, 7) is 2.04. The van der Waals surface area contributed by atoms with Crippen molar-refractivity contribution in [3.05, 3.63) is 42.4 Å². The molecule has 7 heteroatoms. The van der Waals surface area contributed by atoms with Crippen molar-refractivity contribution in [2.24, 2.45) is 0 Å². The summed E-state index contributed by atoms with van der Waals surface area (Å²) in [5, 5.41) is 0.993. The molecule has 0 atom stereocenters. The van der Waals surface area contributed by atoms with Crippen LogP contribution in [-0.2, 0) is 0 Å². The number of rotatable bonds is 2. The zero-order chi connectivity index (χ0) is 16.0. The van der Waals surface area contributed by atoms with Gasteiger partial charge in [0.2, 0.25) is 5.95 Å². The first-order valence-corrected chi connectivity index (χ1v) is 7.08. The van der Waals surface area contributed by atoms with E-state index in [-0.39, 0.29) is 0 Å². The van der Waals surface area contributed by atoms with Crippen LogP contribution in [0.1, 0.15) is 5.56 Å². The number of nitrogens with zero attached hydrogens (tertiary/aromatic N) is 5. The Balaban J connectivity index is 2.21. The highest BCUT2D eigenvalue weighted by Gasteiger charge is 2.19. The van der Waals surface area contributed by atoms with Gasteiger partial charge in [0, 0.05) is 29.5 Å². The number of pyridine rings is 1. The van der Waals surface area contributed by atoms with E-state index in [1.54, 1.807) is 25.7 Å². The Morgan fingerprint density at radius 1 is 1.04 bits per heavy atom. The number of aryl methyl sites for hydroxylation is 1. The second-order valence-electron chi connectivity index (χ2n) is 5.15. The molecule has 4 aromatic heterocycles. The molecule has 0 bridgehead atoms. The van der Waals surface area contributed by atoms with Gasteiger partial charge in [0.1, 0.15) is 5.65 Å². The van der Waals surface area contributed by atoms with E-state index in [0.29, 0.717) is 12.0 Å². The zero-order valence-electron chi connectivity index (χ0n) is 12.7. The van der Waals surface area contributed by atoms with Gasteiger partial charge in [-0.1, -0.05) is 0 Å². The molecule has 0 radical (unpaired) electrons. The number of nitrogen functional groups attached to an aromatic ring is 1. The van der Waals surface area contributed by atoms with Crippen molar-refractivity contribution in [1.29, 1.82) is 0 Å². The van der Waals surface area contributed by atoms with Crippen LogP contribution in [0.25, 0.3) is 27.8 Å². The van der Waals surface area contributed by atoms with Gasteiger partial charge in [-0.05, 0) is 30.7 Å². The van der Waals surface area contributed by atoms with E-state index in [9.17, 15) is 0 Å². The van der Waals surface area contributed by atoms with Crippen molar-refractivity contribution < 1.29 is 4.74 Å². The van der Waals surface area contributed by atoms with Crippen molar-refractivity contribution in [3.63, 3.8) is 0 Å². The molecule has 0 saturated carbocycles. The molecule has 0 saturated heterocycles. The first-order valence-electron chi connectivity index (χ1n) is 7.08. The van der Waals surface area contributed by atoms with Gasteiger partial charge in [-0.15, -0.1) is 0 Å². The van der Waals surface area contributed by atoms with Crippen LogP contribution in [0, 0.1) is 6.92 Å². The summed E-state index contributed by atoms with van der Waals surface area (Å²) in [5.74, 6) is 0.387. The highest BCUT2D eigenvalue weighted by molar-refractivity contribution is 6.05. The number of ether oxygens (including phenoxy) is 1. The molecule has 4 aromatic rings. The molecule has 0 spiro atoms. The number of nitrogens with two attached hydrogens (primary N) is 1. The fourth-order valence-corrected chi connectivity index (χ4v) is 2.85. The van der Waals surface area contributed by atoms with Gasteiger partial charge in [0.25, 0.3) is 0 Å². The van der Waals surface area contributed by atoms with Crippen molar-refractivity contribution >= 4 is 22.5 Å². The van der Waals surface area contributed by atoms with Crippen molar-refractivity contribution in [2.45, 2.75) is 6.92 Å². The van der Waals surface area contributed by atoms with Crippen LogP contribution < -0.4 is 10.5 Å². The van der Waals surface area contributed by atoms with Crippen LogP contribution in [-0.4, -0.2) is 31.4 Å². The predicted molar refractivity (Wildman–Crippen MR) is 87.2 cm³/mol. The minimum absolute atomic E-state index is 0.318. The normalized spacial score (nSPS) is 11.2. The predicted octanol–water partition coefficient (Wildman–Crippen LogP) is 2.24. The lowest BCUT2D eigenvalue weighted by atomic mass is 10.1. The van der Waals surface area contributed by atoms with Gasteiger partial charge >= 0.3 is 6.01 Å². The van der Waals surface area contributed by atoms with E-state index in [1.807, 2.05) is 29.5 Å². The third-order valence-corrected chi connectivity index (χ3v) is 3.84. The number of hydrogen-bond acceptors (Lipinski definition) is 6. The number of methoxy groups -OCH3 is 1. The Hall–Kier alpha value is -3.22. The van der Waals surface area contributed by atoms with E-state index in [2.05, 4.69) is 19.9 Å². The molecule has 7 nitrogen and oxygen atoms in total. The largest absolute Gasteiger partial charge is 0.467 e. The lowest BCUT2D eigenvalue weighted by Gasteiger charge is -2.04. The number of anilines is 1. The highest BCUT2D eigenvalue weighted by atomic mass is 16.5. The van der Waals surface area contributed by atoms with E-state index in [0.717, 1.165) is 33.4 Å². The number of fused-ring (bicyclic) bond motifs is 3. The summed E-state index contributed by atoms with van der Waals surface area (Å²) < 4.78 is 6.99. The Morgan fingerprint density at radius 2 is 1.83 bits per heavy atom. The Bertz CT molecular complexity index is 1040. The summed E-state index contributed by atoms with van der Waals surface area (Å²) in [6, 6.07) is 6.04. The van der Waals surface area contributed by atoms with Crippen LogP contribution in [0.3, 0.4) is 0 Å². The maximum Gasteiger partial charge on any atom is 0.316 e. The molecule has 0 aromatic carbocycles. The lowest BCUT2D eigenvalue weighted by molar-refractivity contribution is 0.380. The summed E-state index contributed by atoms with van der Waals surface area (Å²) >= 11 is 0. The van der Waals surface area contributed by atoms with Crippen molar-refractivity contribution in [3.8, 4) is 17.3 Å². The van der Waals surface area contributed by atoms with E-state index in [1.165, 1.54) is 0 Å². The smallest absolute Gasteiger partial charge is 0.316 e. The molecular weight excluding hydrogens is 292 g/mol. The molecule has 0 unspecified atom stereocenters. The summed E-state index contributed by atoms with van der Waals surface area (Å²) in [5.41, 5.74) is 10.5. The average Bonchev–Trinajstić information content (AvgIpc) is 2.92. The Labute approximate surface area is 131 Å². The van der Waals surface area contributed by atoms with Gasteiger partial charge in [-0.25, -0.2) is 15.0 Å². The second kappa shape index (κ2) is 4.91. The second-order valence-corrected chi connectivity index (χ2v) is 5.15. The molecule has 0 fully saturated rings. The van der Waals surface area contributed by atoms with E-state index >= 15 is 0 Å². The Kier molecular flexibility index (Phi) is 2.87. The molecule has 2 N–H and O–H groups in total. The number of hydrogen-bond donors (Lipinski definition) is 1. The monoisotopic (exact) mass is 306 g/mol. The van der Waals surface area contributed by atoms with Gasteiger partial charge in [0.05, 0.1) is 18.3 Å². The van der Waals surface area contributed by atoms with Crippen molar-refractivity contribution in [1.82, 2.24) is 24.3 Å². The first kappa shape index (κ1) is 13.4. The lowest BCUT2D eigenvalue weighted by Crippen LogP contribution is -2.00. The van der Waals surface area contributed by atoms with E-state index < -0.39 is 0 Å². The van der Waals surface area contributed by atoms with Gasteiger partial charge in [-0.2, -0.15) is 4.98 Å². The fraction of sp³-hybridized carbons (Fsp3) is 0.125. The quantitative estimate of drug-likeness (QED) is 0.610. The van der Waals surface area contributed by atoms with Gasteiger partial charge in [0.15, 0.2) is 0 Å². The average molecular weight is 306 g/mol. The van der Waals surface area contributed by atoms with Crippen LogP contribution in [0.4, 0.5) is 5.95 Å². The fourth-order valence-electron chi connectivity index (χ4n) is 2.85. The van der Waals surface area contributed by atoms with Crippen LogP contribution in [0.5, 0.6) is 6.01 Å². The summed E-state index contributed by atoms with van der Waals surface area (Å²) in [7, 11) is 1.55. The molecule has 4 heterocycles. The maximum absolute atomic E-state index is 6.07. The molecular formula is C16H14N6O. The zero-order valence-corrected chi connectivity index (χ0v) is 12.7. The molecule has 4 rings (SSSR count). The molecule has 23 heavy (non-hydrogen) atoms. The first-order chi connectivity index (χ1) is 11.2. The molecule has 0 amide bonds. The van der Waals surface area contributed by atoms with E-state index in [4.69, 9.17) is 10.5 Å². The molecule has 0 aliphatic rings.